The van der Waals surface area contributed by atoms with E-state index in [4.69, 9.17) is 14.2 Å². The van der Waals surface area contributed by atoms with E-state index >= 15 is 0 Å². The van der Waals surface area contributed by atoms with E-state index in [9.17, 15) is 19.2 Å². The summed E-state index contributed by atoms with van der Waals surface area (Å²) >= 11 is 0. The van der Waals surface area contributed by atoms with Gasteiger partial charge < -0.3 is 29.3 Å². The van der Waals surface area contributed by atoms with E-state index in [1.54, 1.807) is 28.0 Å². The van der Waals surface area contributed by atoms with Crippen molar-refractivity contribution in [3.63, 3.8) is 0 Å². The van der Waals surface area contributed by atoms with Crippen LogP contribution in [0.4, 0.5) is 5.69 Å². The molecule has 10 heteroatoms. The van der Waals surface area contributed by atoms with Crippen molar-refractivity contribution in [1.29, 1.82) is 0 Å². The minimum atomic E-state index is -0.637. The molecule has 30 heavy (non-hydrogen) atoms. The number of nitrogens with zero attached hydrogens (tertiary/aromatic N) is 2. The molecule has 1 aliphatic heterocycles. The molecule has 0 radical (unpaired) electrons. The van der Waals surface area contributed by atoms with Crippen molar-refractivity contribution in [3.05, 3.63) is 18.2 Å². The first-order valence-corrected chi connectivity index (χ1v) is 9.54. The van der Waals surface area contributed by atoms with Gasteiger partial charge in [-0.3, -0.25) is 19.2 Å². The Hall–Kier alpha value is -3.30. The number of methoxy groups -OCH3 is 2. The van der Waals surface area contributed by atoms with E-state index in [-0.39, 0.29) is 24.7 Å². The Morgan fingerprint density at radius 2 is 1.63 bits per heavy atom. The second kappa shape index (κ2) is 11.0. The summed E-state index contributed by atoms with van der Waals surface area (Å²) in [5, 5.41) is 2.59. The lowest BCUT2D eigenvalue weighted by molar-refractivity contribution is -0.149. The first-order chi connectivity index (χ1) is 14.3. The van der Waals surface area contributed by atoms with Crippen LogP contribution in [0.25, 0.3) is 0 Å². The van der Waals surface area contributed by atoms with Crippen molar-refractivity contribution in [1.82, 2.24) is 9.80 Å². The molecule has 2 rings (SSSR count). The molecular weight excluding hydrogens is 394 g/mol. The molecule has 0 spiro atoms. The van der Waals surface area contributed by atoms with Gasteiger partial charge in [-0.15, -0.1) is 0 Å². The van der Waals surface area contributed by atoms with Crippen molar-refractivity contribution in [3.8, 4) is 11.5 Å². The molecule has 0 atom stereocenters. The summed E-state index contributed by atoms with van der Waals surface area (Å²) in [6.07, 6.45) is -0.127. The van der Waals surface area contributed by atoms with Crippen LogP contribution in [0.3, 0.4) is 0 Å². The first kappa shape index (κ1) is 23.0. The molecule has 1 aromatic carbocycles. The van der Waals surface area contributed by atoms with Crippen molar-refractivity contribution < 1.29 is 33.4 Å². The Bertz CT molecular complexity index is 789. The fraction of sp³-hybridized carbons (Fsp3) is 0.500. The van der Waals surface area contributed by atoms with E-state index < -0.39 is 18.5 Å². The summed E-state index contributed by atoms with van der Waals surface area (Å²) < 4.78 is 15.2. The van der Waals surface area contributed by atoms with Gasteiger partial charge in [-0.05, 0) is 12.1 Å². The maximum atomic E-state index is 12.2. The molecule has 164 valence electrons. The first-order valence-electron chi connectivity index (χ1n) is 9.54. The highest BCUT2D eigenvalue weighted by atomic mass is 16.5. The van der Waals surface area contributed by atoms with Crippen LogP contribution in [-0.4, -0.2) is 80.5 Å². The third-order valence-corrected chi connectivity index (χ3v) is 4.67. The lowest BCUT2D eigenvalue weighted by atomic mass is 10.2. The van der Waals surface area contributed by atoms with E-state index in [2.05, 4.69) is 5.32 Å². The van der Waals surface area contributed by atoms with Crippen molar-refractivity contribution in [2.75, 3.05) is 52.3 Å². The minimum absolute atomic E-state index is 0.00712. The van der Waals surface area contributed by atoms with E-state index in [0.29, 0.717) is 43.4 Å². The van der Waals surface area contributed by atoms with Gasteiger partial charge in [-0.1, -0.05) is 0 Å². The Labute approximate surface area is 175 Å². The van der Waals surface area contributed by atoms with Crippen LogP contribution in [0.5, 0.6) is 11.5 Å². The zero-order chi connectivity index (χ0) is 22.1. The van der Waals surface area contributed by atoms with Gasteiger partial charge in [0.05, 0.1) is 26.3 Å². The van der Waals surface area contributed by atoms with Gasteiger partial charge in [0.2, 0.25) is 11.8 Å². The molecule has 1 aromatic rings. The van der Waals surface area contributed by atoms with E-state index in [1.165, 1.54) is 21.1 Å². The molecule has 0 aliphatic carbocycles. The fourth-order valence-electron chi connectivity index (χ4n) is 2.94. The molecule has 0 bridgehead atoms. The van der Waals surface area contributed by atoms with Gasteiger partial charge in [0.25, 0.3) is 5.91 Å². The van der Waals surface area contributed by atoms with E-state index in [1.807, 2.05) is 0 Å². The number of hydrogen-bond acceptors (Lipinski definition) is 7. The SMILES string of the molecule is COc1ccc(NC(=O)COC(=O)CCC(=O)N2CCN(C(C)=O)CC2)c(OC)c1. The molecule has 1 aliphatic rings. The highest BCUT2D eigenvalue weighted by Crippen LogP contribution is 2.28. The van der Waals surface area contributed by atoms with Crippen LogP contribution < -0.4 is 14.8 Å². The summed E-state index contributed by atoms with van der Waals surface area (Å²) in [5.41, 5.74) is 0.416. The third-order valence-electron chi connectivity index (χ3n) is 4.67. The second-order valence-corrected chi connectivity index (χ2v) is 6.66. The standard InChI is InChI=1S/C20H27N3O7/c1-14(24)22-8-10-23(11-9-22)19(26)6-7-20(27)30-13-18(25)21-16-5-4-15(28-2)12-17(16)29-3/h4-5,12H,6-11,13H2,1-3H3,(H,21,25). The van der Waals surface area contributed by atoms with Crippen LogP contribution in [-0.2, 0) is 23.9 Å². The Kier molecular flexibility index (Phi) is 8.45. The molecule has 1 fully saturated rings. The number of rotatable bonds is 8. The molecule has 1 N–H and O–H groups in total. The lowest BCUT2D eigenvalue weighted by Crippen LogP contribution is -2.50. The van der Waals surface area contributed by atoms with Gasteiger partial charge in [0, 0.05) is 45.6 Å². The monoisotopic (exact) mass is 421 g/mol. The van der Waals surface area contributed by atoms with Crippen LogP contribution in [0.15, 0.2) is 18.2 Å². The average molecular weight is 421 g/mol. The van der Waals surface area contributed by atoms with Gasteiger partial charge in [0.1, 0.15) is 11.5 Å². The Morgan fingerprint density at radius 3 is 2.23 bits per heavy atom. The van der Waals surface area contributed by atoms with Gasteiger partial charge >= 0.3 is 5.97 Å². The maximum absolute atomic E-state index is 12.2. The normalized spacial score (nSPS) is 13.4. The number of carbonyl (C=O) groups is 4. The zero-order valence-corrected chi connectivity index (χ0v) is 17.4. The van der Waals surface area contributed by atoms with Gasteiger partial charge in [0.15, 0.2) is 6.61 Å². The number of ether oxygens (including phenoxy) is 3. The van der Waals surface area contributed by atoms with Crippen LogP contribution in [0.1, 0.15) is 19.8 Å². The number of amides is 3. The van der Waals surface area contributed by atoms with Crippen LogP contribution >= 0.6 is 0 Å². The molecule has 3 amide bonds. The summed E-state index contributed by atoms with van der Waals surface area (Å²) in [6.45, 7) is 2.88. The van der Waals surface area contributed by atoms with Crippen molar-refractivity contribution in [2.24, 2.45) is 0 Å². The lowest BCUT2D eigenvalue weighted by Gasteiger charge is -2.34. The summed E-state index contributed by atoms with van der Waals surface area (Å²) in [7, 11) is 2.98. The molecule has 1 saturated heterocycles. The van der Waals surface area contributed by atoms with Crippen LogP contribution in [0, 0.1) is 0 Å². The average Bonchev–Trinajstić information content (AvgIpc) is 2.76. The number of benzene rings is 1. The third kappa shape index (κ3) is 6.64. The highest BCUT2D eigenvalue weighted by molar-refractivity contribution is 5.94. The quantitative estimate of drug-likeness (QED) is 0.613. The Balaban J connectivity index is 1.71. The molecule has 0 aromatic heterocycles. The van der Waals surface area contributed by atoms with Gasteiger partial charge in [-0.2, -0.15) is 0 Å². The number of esters is 1. The Morgan fingerprint density at radius 1 is 0.967 bits per heavy atom. The second-order valence-electron chi connectivity index (χ2n) is 6.66. The topological polar surface area (TPSA) is 114 Å². The molecule has 1 heterocycles. The largest absolute Gasteiger partial charge is 0.497 e. The number of nitrogens with one attached hydrogen (secondary N) is 1. The highest BCUT2D eigenvalue weighted by Gasteiger charge is 2.23. The molecular formula is C20H27N3O7. The van der Waals surface area contributed by atoms with Crippen molar-refractivity contribution in [2.45, 2.75) is 19.8 Å². The summed E-state index contributed by atoms with van der Waals surface area (Å²) in [4.78, 5) is 50.7. The number of anilines is 1. The molecule has 0 saturated carbocycles. The van der Waals surface area contributed by atoms with Gasteiger partial charge in [-0.25, -0.2) is 0 Å². The number of carbonyl (C=O) groups excluding carboxylic acids is 4. The number of hydrogen-bond donors (Lipinski definition) is 1. The zero-order valence-electron chi connectivity index (χ0n) is 17.4. The maximum Gasteiger partial charge on any atom is 0.306 e. The van der Waals surface area contributed by atoms with Crippen LogP contribution in [0.2, 0.25) is 0 Å². The summed E-state index contributed by atoms with van der Waals surface area (Å²) in [6, 6.07) is 4.89. The smallest absolute Gasteiger partial charge is 0.306 e. The predicted molar refractivity (Wildman–Crippen MR) is 107 cm³/mol. The van der Waals surface area contributed by atoms with Crippen molar-refractivity contribution >= 4 is 29.4 Å². The number of piperazine rings is 1. The predicted octanol–water partition coefficient (Wildman–Crippen LogP) is 0.656. The minimum Gasteiger partial charge on any atom is -0.497 e. The fourth-order valence-corrected chi connectivity index (χ4v) is 2.94. The molecule has 10 nitrogen and oxygen atoms in total. The van der Waals surface area contributed by atoms with E-state index in [0.717, 1.165) is 0 Å². The molecule has 0 unspecified atom stereocenters. The summed E-state index contributed by atoms with van der Waals surface area (Å²) in [5.74, 6) is -0.381.